The van der Waals surface area contributed by atoms with Gasteiger partial charge in [0.15, 0.2) is 0 Å². The first-order valence-corrected chi connectivity index (χ1v) is 5.57. The molecule has 0 aliphatic carbocycles. The van der Waals surface area contributed by atoms with Crippen LogP contribution in [0.1, 0.15) is 20.8 Å². The Morgan fingerprint density at radius 3 is 2.36 bits per heavy atom. The average molecular weight is 211 g/mol. The number of thioether (sulfide) groups is 1. The van der Waals surface area contributed by atoms with Crippen LogP contribution in [-0.2, 0) is 0 Å². The number of anilines is 2. The quantitative estimate of drug-likeness (QED) is 0.753. The highest BCUT2D eigenvalue weighted by molar-refractivity contribution is 7.99. The lowest BCUT2D eigenvalue weighted by Gasteiger charge is -2.14. The summed E-state index contributed by atoms with van der Waals surface area (Å²) < 4.78 is 0. The Kier molecular flexibility index (Phi) is 3.63. The van der Waals surface area contributed by atoms with Gasteiger partial charge in [0.25, 0.3) is 0 Å². The summed E-state index contributed by atoms with van der Waals surface area (Å²) in [6, 6.07) is 3.72. The molecule has 0 spiro atoms. The van der Waals surface area contributed by atoms with E-state index >= 15 is 0 Å². The smallest absolute Gasteiger partial charge is 0.147 e. The maximum Gasteiger partial charge on any atom is 0.147 e. The summed E-state index contributed by atoms with van der Waals surface area (Å²) in [7, 11) is 0. The van der Waals surface area contributed by atoms with Crippen LogP contribution < -0.4 is 11.5 Å². The molecule has 0 bridgehead atoms. The molecule has 0 amide bonds. The van der Waals surface area contributed by atoms with Gasteiger partial charge in [-0.05, 0) is 18.1 Å². The number of nitrogen functional groups attached to an aromatic ring is 2. The Hall–Kier alpha value is -0.900. The van der Waals surface area contributed by atoms with Crippen molar-refractivity contribution in [1.29, 1.82) is 0 Å². The van der Waals surface area contributed by atoms with Crippen molar-refractivity contribution < 1.29 is 0 Å². The highest BCUT2D eigenvalue weighted by Crippen LogP contribution is 2.27. The fourth-order valence-electron chi connectivity index (χ4n) is 0.859. The van der Waals surface area contributed by atoms with E-state index in [-0.39, 0.29) is 0 Å². The van der Waals surface area contributed by atoms with Crippen molar-refractivity contribution in [3.05, 3.63) is 12.1 Å². The first-order valence-electron chi connectivity index (χ1n) is 4.69. The van der Waals surface area contributed by atoms with Crippen molar-refractivity contribution in [2.45, 2.75) is 31.0 Å². The van der Waals surface area contributed by atoms with Crippen LogP contribution in [-0.4, -0.2) is 10.2 Å². The van der Waals surface area contributed by atoms with Crippen molar-refractivity contribution in [2.75, 3.05) is 11.5 Å². The normalized spacial score (nSPS) is 13.1. The zero-order chi connectivity index (χ0) is 10.7. The van der Waals surface area contributed by atoms with Crippen molar-refractivity contribution in [3.8, 4) is 0 Å². The van der Waals surface area contributed by atoms with Gasteiger partial charge in [-0.15, -0.1) is 11.8 Å². The van der Waals surface area contributed by atoms with Crippen LogP contribution in [0.3, 0.4) is 0 Å². The zero-order valence-electron chi connectivity index (χ0n) is 8.82. The van der Waals surface area contributed by atoms with E-state index in [1.165, 1.54) is 0 Å². The molecule has 1 rings (SSSR count). The molecule has 0 saturated heterocycles. The molecule has 3 nitrogen and oxygen atoms in total. The minimum absolute atomic E-state index is 0.422. The molecule has 0 radical (unpaired) electrons. The molecule has 0 aliphatic heterocycles. The van der Waals surface area contributed by atoms with Crippen molar-refractivity contribution >= 4 is 23.3 Å². The fraction of sp³-hybridized carbons (Fsp3) is 0.500. The first kappa shape index (κ1) is 11.2. The van der Waals surface area contributed by atoms with Gasteiger partial charge in [0.2, 0.25) is 0 Å². The van der Waals surface area contributed by atoms with E-state index in [9.17, 15) is 0 Å². The van der Waals surface area contributed by atoms with E-state index in [0.29, 0.717) is 22.7 Å². The summed E-state index contributed by atoms with van der Waals surface area (Å²) in [5, 5.41) is 1.48. The third-order valence-electron chi connectivity index (χ3n) is 2.18. The SMILES string of the molecule is CC(C)C(C)Sc1ccc(N)c(N)n1. The monoisotopic (exact) mass is 211 g/mol. The van der Waals surface area contributed by atoms with Crippen molar-refractivity contribution in [1.82, 2.24) is 4.98 Å². The summed E-state index contributed by atoms with van der Waals surface area (Å²) >= 11 is 1.73. The van der Waals surface area contributed by atoms with Gasteiger partial charge in [-0.3, -0.25) is 0 Å². The highest BCUT2D eigenvalue weighted by atomic mass is 32.2. The summed E-state index contributed by atoms with van der Waals surface area (Å²) in [5.74, 6) is 1.05. The lowest BCUT2D eigenvalue weighted by atomic mass is 10.2. The topological polar surface area (TPSA) is 64.9 Å². The summed E-state index contributed by atoms with van der Waals surface area (Å²) in [5.41, 5.74) is 11.8. The summed E-state index contributed by atoms with van der Waals surface area (Å²) in [6.07, 6.45) is 0. The molecule has 4 N–H and O–H groups in total. The zero-order valence-corrected chi connectivity index (χ0v) is 9.64. The summed E-state index contributed by atoms with van der Waals surface area (Å²) in [6.45, 7) is 6.57. The van der Waals surface area contributed by atoms with Gasteiger partial charge in [-0.25, -0.2) is 4.98 Å². The number of hydrogen-bond acceptors (Lipinski definition) is 4. The van der Waals surface area contributed by atoms with Crippen LogP contribution in [0.4, 0.5) is 11.5 Å². The van der Waals surface area contributed by atoms with Crippen LogP contribution in [0.5, 0.6) is 0 Å². The molecule has 1 heterocycles. The lowest BCUT2D eigenvalue weighted by Crippen LogP contribution is -2.06. The highest BCUT2D eigenvalue weighted by Gasteiger charge is 2.10. The number of aromatic nitrogens is 1. The van der Waals surface area contributed by atoms with Gasteiger partial charge < -0.3 is 11.5 Å². The molecule has 78 valence electrons. The van der Waals surface area contributed by atoms with Crippen LogP contribution in [0.2, 0.25) is 0 Å². The minimum atomic E-state index is 0.422. The summed E-state index contributed by atoms with van der Waals surface area (Å²) in [4.78, 5) is 4.21. The van der Waals surface area contributed by atoms with Gasteiger partial charge >= 0.3 is 0 Å². The molecule has 1 unspecified atom stereocenters. The molecule has 1 aromatic heterocycles. The Balaban J connectivity index is 2.73. The lowest BCUT2D eigenvalue weighted by molar-refractivity contribution is 0.641. The van der Waals surface area contributed by atoms with Crippen molar-refractivity contribution in [2.24, 2.45) is 5.92 Å². The predicted molar refractivity (Wildman–Crippen MR) is 63.2 cm³/mol. The van der Waals surface area contributed by atoms with Crippen LogP contribution in [0.25, 0.3) is 0 Å². The molecule has 4 heteroatoms. The van der Waals surface area contributed by atoms with Gasteiger partial charge in [0, 0.05) is 5.25 Å². The second kappa shape index (κ2) is 4.55. The molecule has 0 aliphatic rings. The predicted octanol–water partition coefficient (Wildman–Crippen LogP) is 2.38. The van der Waals surface area contributed by atoms with E-state index in [2.05, 4.69) is 25.8 Å². The molecule has 14 heavy (non-hydrogen) atoms. The second-order valence-corrected chi connectivity index (χ2v) is 5.09. The molecule has 1 aromatic rings. The first-order chi connectivity index (χ1) is 6.50. The largest absolute Gasteiger partial charge is 0.396 e. The van der Waals surface area contributed by atoms with Crippen LogP contribution >= 0.6 is 11.8 Å². The second-order valence-electron chi connectivity index (χ2n) is 3.69. The van der Waals surface area contributed by atoms with Crippen LogP contribution in [0.15, 0.2) is 17.2 Å². The van der Waals surface area contributed by atoms with Gasteiger partial charge in [-0.2, -0.15) is 0 Å². The van der Waals surface area contributed by atoms with Gasteiger partial charge in [0.05, 0.1) is 10.7 Å². The third-order valence-corrected chi connectivity index (χ3v) is 3.56. The van der Waals surface area contributed by atoms with Crippen LogP contribution in [0, 0.1) is 5.92 Å². The number of nitrogens with zero attached hydrogens (tertiary/aromatic N) is 1. The Labute approximate surface area is 89.3 Å². The molecule has 0 aromatic carbocycles. The molecule has 0 saturated carbocycles. The van der Waals surface area contributed by atoms with Gasteiger partial charge in [0.1, 0.15) is 5.82 Å². The van der Waals surface area contributed by atoms with E-state index in [4.69, 9.17) is 11.5 Å². The van der Waals surface area contributed by atoms with E-state index in [1.54, 1.807) is 17.8 Å². The maximum absolute atomic E-state index is 5.62. The van der Waals surface area contributed by atoms with E-state index < -0.39 is 0 Å². The number of rotatable bonds is 3. The number of hydrogen-bond donors (Lipinski definition) is 2. The standard InChI is InChI=1S/C10H17N3S/c1-6(2)7(3)14-9-5-4-8(11)10(12)13-9/h4-7H,11H2,1-3H3,(H2,12,13). The number of nitrogens with two attached hydrogens (primary N) is 2. The number of pyridine rings is 1. The van der Waals surface area contributed by atoms with Gasteiger partial charge in [-0.1, -0.05) is 20.8 Å². The maximum atomic E-state index is 5.62. The van der Waals surface area contributed by atoms with Crippen molar-refractivity contribution in [3.63, 3.8) is 0 Å². The Morgan fingerprint density at radius 2 is 1.86 bits per heavy atom. The molecular weight excluding hydrogens is 194 g/mol. The third kappa shape index (κ3) is 2.80. The van der Waals surface area contributed by atoms with E-state index in [1.807, 2.05) is 6.07 Å². The average Bonchev–Trinajstić information content (AvgIpc) is 2.11. The minimum Gasteiger partial charge on any atom is -0.396 e. The van der Waals surface area contributed by atoms with E-state index in [0.717, 1.165) is 5.03 Å². The fourth-order valence-corrected chi connectivity index (χ4v) is 1.81. The molecule has 0 fully saturated rings. The molecule has 1 atom stereocenters. The Bertz CT molecular complexity index is 312. The molecular formula is C10H17N3S. The Morgan fingerprint density at radius 1 is 1.21 bits per heavy atom.